The lowest BCUT2D eigenvalue weighted by molar-refractivity contribution is -0.115. The molecule has 0 fully saturated rings. The van der Waals surface area contributed by atoms with Gasteiger partial charge in [-0.1, -0.05) is 0 Å². The summed E-state index contributed by atoms with van der Waals surface area (Å²) in [5.41, 5.74) is 1.14. The van der Waals surface area contributed by atoms with Gasteiger partial charge in [0, 0.05) is 17.0 Å². The Labute approximate surface area is 109 Å². The SMILES string of the molecule is CC1Sc2ccc(C(=O)NCCO)cc2NC1=O. The highest BCUT2D eigenvalue weighted by Gasteiger charge is 2.23. The highest BCUT2D eigenvalue weighted by atomic mass is 32.2. The number of aliphatic hydroxyl groups excluding tert-OH is 1. The van der Waals surface area contributed by atoms with Gasteiger partial charge >= 0.3 is 0 Å². The number of benzene rings is 1. The summed E-state index contributed by atoms with van der Waals surface area (Å²) in [4.78, 5) is 24.2. The van der Waals surface area contributed by atoms with Gasteiger partial charge in [-0.15, -0.1) is 11.8 Å². The number of thioether (sulfide) groups is 1. The number of nitrogens with one attached hydrogen (secondary N) is 2. The van der Waals surface area contributed by atoms with Crippen molar-refractivity contribution < 1.29 is 14.7 Å². The summed E-state index contributed by atoms with van der Waals surface area (Å²) in [7, 11) is 0. The van der Waals surface area contributed by atoms with Crippen molar-refractivity contribution in [3.8, 4) is 0 Å². The maximum absolute atomic E-state index is 11.7. The summed E-state index contributed by atoms with van der Waals surface area (Å²) in [6.45, 7) is 1.96. The molecule has 96 valence electrons. The fraction of sp³-hybridized carbons (Fsp3) is 0.333. The molecule has 0 radical (unpaired) electrons. The first kappa shape index (κ1) is 12.9. The van der Waals surface area contributed by atoms with E-state index in [9.17, 15) is 9.59 Å². The van der Waals surface area contributed by atoms with Gasteiger partial charge < -0.3 is 15.7 Å². The van der Waals surface area contributed by atoms with Crippen LogP contribution in [0.1, 0.15) is 17.3 Å². The van der Waals surface area contributed by atoms with Gasteiger partial charge in [-0.05, 0) is 25.1 Å². The number of carbonyl (C=O) groups excluding carboxylic acids is 2. The van der Waals surface area contributed by atoms with Crippen LogP contribution >= 0.6 is 11.8 Å². The number of fused-ring (bicyclic) bond motifs is 1. The molecule has 1 aromatic carbocycles. The van der Waals surface area contributed by atoms with E-state index in [4.69, 9.17) is 5.11 Å². The summed E-state index contributed by atoms with van der Waals surface area (Å²) in [6.07, 6.45) is 0. The first-order chi connectivity index (χ1) is 8.61. The van der Waals surface area contributed by atoms with E-state index < -0.39 is 0 Å². The Balaban J connectivity index is 2.19. The first-order valence-electron chi connectivity index (χ1n) is 5.62. The molecule has 0 saturated carbocycles. The van der Waals surface area contributed by atoms with Crippen molar-refractivity contribution in [2.75, 3.05) is 18.5 Å². The fourth-order valence-corrected chi connectivity index (χ4v) is 2.55. The standard InChI is InChI=1S/C12H14N2O3S/c1-7-11(16)14-9-6-8(2-3-10(9)18-7)12(17)13-4-5-15/h2-3,6-7,15H,4-5H2,1H3,(H,13,17)(H,14,16). The second-order valence-electron chi connectivity index (χ2n) is 3.94. The zero-order chi connectivity index (χ0) is 13.1. The summed E-state index contributed by atoms with van der Waals surface area (Å²) < 4.78 is 0. The van der Waals surface area contributed by atoms with E-state index in [1.54, 1.807) is 12.1 Å². The molecule has 0 aliphatic carbocycles. The van der Waals surface area contributed by atoms with E-state index in [2.05, 4.69) is 10.6 Å². The molecule has 0 bridgehead atoms. The maximum atomic E-state index is 11.7. The van der Waals surface area contributed by atoms with Crippen molar-refractivity contribution in [2.45, 2.75) is 17.1 Å². The van der Waals surface area contributed by atoms with Gasteiger partial charge in [0.25, 0.3) is 5.91 Å². The van der Waals surface area contributed by atoms with E-state index in [1.165, 1.54) is 11.8 Å². The number of rotatable bonds is 3. The van der Waals surface area contributed by atoms with E-state index in [1.807, 2.05) is 13.0 Å². The zero-order valence-electron chi connectivity index (χ0n) is 9.90. The zero-order valence-corrected chi connectivity index (χ0v) is 10.7. The van der Waals surface area contributed by atoms with E-state index in [-0.39, 0.29) is 30.2 Å². The van der Waals surface area contributed by atoms with Crippen LogP contribution < -0.4 is 10.6 Å². The Morgan fingerprint density at radius 3 is 3.06 bits per heavy atom. The quantitative estimate of drug-likeness (QED) is 0.757. The predicted octanol–water partition coefficient (Wildman–Crippen LogP) is 0.841. The van der Waals surface area contributed by atoms with Gasteiger partial charge in [0.05, 0.1) is 17.5 Å². The van der Waals surface area contributed by atoms with Crippen molar-refractivity contribution in [1.82, 2.24) is 5.32 Å². The molecule has 0 spiro atoms. The molecule has 18 heavy (non-hydrogen) atoms. The van der Waals surface area contributed by atoms with Crippen LogP contribution in [0.4, 0.5) is 5.69 Å². The molecule has 6 heteroatoms. The minimum absolute atomic E-state index is 0.0552. The lowest BCUT2D eigenvalue weighted by atomic mass is 10.1. The normalized spacial score (nSPS) is 17.9. The number of carbonyl (C=O) groups is 2. The van der Waals surface area contributed by atoms with E-state index >= 15 is 0 Å². The highest BCUT2D eigenvalue weighted by Crippen LogP contribution is 2.35. The number of hydrogen-bond donors (Lipinski definition) is 3. The van der Waals surface area contributed by atoms with Crippen molar-refractivity contribution in [2.24, 2.45) is 0 Å². The largest absolute Gasteiger partial charge is 0.395 e. The molecule has 0 saturated heterocycles. The third-order valence-corrected chi connectivity index (χ3v) is 3.75. The van der Waals surface area contributed by atoms with Crippen LogP contribution in [0.25, 0.3) is 0 Å². The number of amides is 2. The smallest absolute Gasteiger partial charge is 0.251 e. The Kier molecular flexibility index (Phi) is 3.88. The monoisotopic (exact) mass is 266 g/mol. The van der Waals surface area contributed by atoms with Crippen LogP contribution in [0.3, 0.4) is 0 Å². The second kappa shape index (κ2) is 5.41. The summed E-state index contributed by atoms with van der Waals surface area (Å²) in [6, 6.07) is 5.19. The van der Waals surface area contributed by atoms with Crippen LogP contribution in [-0.4, -0.2) is 35.3 Å². The van der Waals surface area contributed by atoms with Crippen LogP contribution in [0.15, 0.2) is 23.1 Å². The minimum Gasteiger partial charge on any atom is -0.395 e. The fourth-order valence-electron chi connectivity index (χ4n) is 1.62. The van der Waals surface area contributed by atoms with Crippen LogP contribution in [0, 0.1) is 0 Å². The first-order valence-corrected chi connectivity index (χ1v) is 6.50. The third kappa shape index (κ3) is 2.65. The van der Waals surface area contributed by atoms with Gasteiger partial charge in [0.15, 0.2) is 0 Å². The van der Waals surface area contributed by atoms with Crippen LogP contribution in [0.2, 0.25) is 0 Å². The van der Waals surface area contributed by atoms with Gasteiger partial charge in [0.2, 0.25) is 5.91 Å². The average Bonchev–Trinajstić information content (AvgIpc) is 2.36. The number of anilines is 1. The highest BCUT2D eigenvalue weighted by molar-refractivity contribution is 8.00. The Bertz CT molecular complexity index is 490. The van der Waals surface area contributed by atoms with Crippen molar-refractivity contribution in [1.29, 1.82) is 0 Å². The molecule has 1 atom stereocenters. The van der Waals surface area contributed by atoms with Gasteiger partial charge in [0.1, 0.15) is 0 Å². The molecule has 2 amide bonds. The molecule has 1 aliphatic heterocycles. The molecule has 1 aromatic rings. The van der Waals surface area contributed by atoms with E-state index in [0.29, 0.717) is 11.3 Å². The minimum atomic E-state index is -0.260. The van der Waals surface area contributed by atoms with Gasteiger partial charge in [-0.25, -0.2) is 0 Å². The predicted molar refractivity (Wildman–Crippen MR) is 69.8 cm³/mol. The van der Waals surface area contributed by atoms with Crippen LogP contribution in [0.5, 0.6) is 0 Å². The molecular formula is C12H14N2O3S. The Morgan fingerprint density at radius 2 is 2.33 bits per heavy atom. The molecular weight excluding hydrogens is 252 g/mol. The van der Waals surface area contributed by atoms with Crippen LogP contribution in [-0.2, 0) is 4.79 Å². The molecule has 1 unspecified atom stereocenters. The van der Waals surface area contributed by atoms with Crippen molar-refractivity contribution in [3.63, 3.8) is 0 Å². The van der Waals surface area contributed by atoms with E-state index in [0.717, 1.165) is 4.90 Å². The topological polar surface area (TPSA) is 78.4 Å². The molecule has 2 rings (SSSR count). The lowest BCUT2D eigenvalue weighted by Gasteiger charge is -2.21. The molecule has 3 N–H and O–H groups in total. The Morgan fingerprint density at radius 1 is 1.56 bits per heavy atom. The Hall–Kier alpha value is -1.53. The molecule has 1 heterocycles. The lowest BCUT2D eigenvalue weighted by Crippen LogP contribution is -2.28. The number of hydrogen-bond acceptors (Lipinski definition) is 4. The maximum Gasteiger partial charge on any atom is 0.251 e. The van der Waals surface area contributed by atoms with Crippen molar-refractivity contribution in [3.05, 3.63) is 23.8 Å². The summed E-state index contributed by atoms with van der Waals surface area (Å²) in [5, 5.41) is 13.9. The molecule has 5 nitrogen and oxygen atoms in total. The molecule has 0 aromatic heterocycles. The van der Waals surface area contributed by atoms with Crippen molar-refractivity contribution >= 4 is 29.3 Å². The summed E-state index contributed by atoms with van der Waals surface area (Å²) >= 11 is 1.47. The average molecular weight is 266 g/mol. The number of aliphatic hydroxyl groups is 1. The molecule has 1 aliphatic rings. The van der Waals surface area contributed by atoms with Gasteiger partial charge in [-0.2, -0.15) is 0 Å². The van der Waals surface area contributed by atoms with Gasteiger partial charge in [-0.3, -0.25) is 9.59 Å². The third-order valence-electron chi connectivity index (χ3n) is 2.57. The summed E-state index contributed by atoms with van der Waals surface area (Å²) in [5.74, 6) is -0.315. The second-order valence-corrected chi connectivity index (χ2v) is 5.32.